The number of furan rings is 1. The largest absolute Gasteiger partial charge is 0.456 e. The van der Waals surface area contributed by atoms with Crippen molar-refractivity contribution in [3.8, 4) is 11.1 Å². The van der Waals surface area contributed by atoms with Crippen molar-refractivity contribution >= 4 is 65.0 Å². The molecule has 9 rings (SSSR count). The topological polar surface area (TPSA) is 13.1 Å². The van der Waals surface area contributed by atoms with Gasteiger partial charge in [-0.1, -0.05) is 98.8 Å². The Labute approximate surface area is 219 Å². The van der Waals surface area contributed by atoms with E-state index in [4.69, 9.17) is 4.42 Å². The molecule has 1 nitrogen and oxygen atoms in total. The van der Waals surface area contributed by atoms with Gasteiger partial charge in [0.25, 0.3) is 0 Å². The molecule has 0 aliphatic heterocycles. The predicted octanol–water partition coefficient (Wildman–Crippen LogP) is 10.5. The van der Waals surface area contributed by atoms with Gasteiger partial charge in [0, 0.05) is 16.2 Å². The summed E-state index contributed by atoms with van der Waals surface area (Å²) < 4.78 is 6.61. The van der Waals surface area contributed by atoms with E-state index in [1.54, 1.807) is 0 Å². The van der Waals surface area contributed by atoms with E-state index in [9.17, 15) is 0 Å². The lowest BCUT2D eigenvalue weighted by Gasteiger charge is -2.21. The fourth-order valence-electron chi connectivity index (χ4n) is 7.18. The van der Waals surface area contributed by atoms with E-state index in [0.717, 1.165) is 11.2 Å². The van der Waals surface area contributed by atoms with Gasteiger partial charge in [-0.2, -0.15) is 0 Å². The second-order valence-electron chi connectivity index (χ2n) is 11.3. The van der Waals surface area contributed by atoms with Crippen LogP contribution in [0, 0.1) is 0 Å². The number of rotatable bonds is 0. The average molecular weight is 485 g/mol. The lowest BCUT2D eigenvalue weighted by atomic mass is 9.82. The zero-order valence-corrected chi connectivity index (χ0v) is 21.3. The number of benzene rings is 7. The van der Waals surface area contributed by atoms with Gasteiger partial charge in [0.2, 0.25) is 0 Å². The van der Waals surface area contributed by atoms with Crippen LogP contribution in [0.15, 0.2) is 114 Å². The molecule has 0 bridgehead atoms. The summed E-state index contributed by atoms with van der Waals surface area (Å²) in [4.78, 5) is 0. The Morgan fingerprint density at radius 1 is 0.447 bits per heavy atom. The molecule has 0 atom stereocenters. The number of hydrogen-bond acceptors (Lipinski definition) is 1. The van der Waals surface area contributed by atoms with Crippen molar-refractivity contribution in [2.75, 3.05) is 0 Å². The molecule has 0 unspecified atom stereocenters. The first-order valence-electron chi connectivity index (χ1n) is 13.4. The standard InChI is InChI=1S/C37H24O/c1-37(2)32-14-8-7-12-24(32)29-18-31-30-17-27-26-16-15-21-9-3-4-10-22(21)36(26)25-13-6-5-11-23(25)28(27)19-34(30)38-35(31)20-33(29)37/h3-20H,1-2H3. The maximum absolute atomic E-state index is 6.61. The smallest absolute Gasteiger partial charge is 0.136 e. The molecule has 0 fully saturated rings. The Bertz CT molecular complexity index is 2310. The second-order valence-corrected chi connectivity index (χ2v) is 11.3. The molecule has 8 aromatic rings. The van der Waals surface area contributed by atoms with Crippen LogP contribution in [0.3, 0.4) is 0 Å². The molecular weight excluding hydrogens is 460 g/mol. The molecule has 7 aromatic carbocycles. The van der Waals surface area contributed by atoms with E-state index in [1.807, 2.05) is 0 Å². The van der Waals surface area contributed by atoms with Crippen LogP contribution in [0.25, 0.3) is 76.2 Å². The summed E-state index contributed by atoms with van der Waals surface area (Å²) >= 11 is 0. The quantitative estimate of drug-likeness (QED) is 0.195. The third kappa shape index (κ3) is 2.42. The fourth-order valence-corrected chi connectivity index (χ4v) is 7.18. The van der Waals surface area contributed by atoms with Gasteiger partial charge in [-0.25, -0.2) is 0 Å². The molecule has 38 heavy (non-hydrogen) atoms. The Kier molecular flexibility index (Phi) is 3.67. The molecule has 0 radical (unpaired) electrons. The van der Waals surface area contributed by atoms with Gasteiger partial charge < -0.3 is 4.42 Å². The summed E-state index contributed by atoms with van der Waals surface area (Å²) in [5.74, 6) is 0. The summed E-state index contributed by atoms with van der Waals surface area (Å²) in [5.41, 5.74) is 7.28. The Balaban J connectivity index is 1.46. The molecule has 0 saturated heterocycles. The zero-order valence-electron chi connectivity index (χ0n) is 21.3. The molecule has 0 spiro atoms. The van der Waals surface area contributed by atoms with Gasteiger partial charge in [0.15, 0.2) is 0 Å². The summed E-state index contributed by atoms with van der Waals surface area (Å²) in [5, 5.41) is 12.7. The highest BCUT2D eigenvalue weighted by molar-refractivity contribution is 6.33. The van der Waals surface area contributed by atoms with Gasteiger partial charge in [-0.05, 0) is 89.6 Å². The monoisotopic (exact) mass is 484 g/mol. The summed E-state index contributed by atoms with van der Waals surface area (Å²) in [7, 11) is 0. The van der Waals surface area contributed by atoms with Crippen molar-refractivity contribution < 1.29 is 4.42 Å². The minimum absolute atomic E-state index is 0.0444. The van der Waals surface area contributed by atoms with Crippen molar-refractivity contribution in [3.63, 3.8) is 0 Å². The van der Waals surface area contributed by atoms with Crippen LogP contribution in [0.2, 0.25) is 0 Å². The van der Waals surface area contributed by atoms with Gasteiger partial charge in [-0.15, -0.1) is 0 Å². The highest BCUT2D eigenvalue weighted by Gasteiger charge is 2.36. The van der Waals surface area contributed by atoms with Crippen molar-refractivity contribution in [1.29, 1.82) is 0 Å². The van der Waals surface area contributed by atoms with E-state index in [0.29, 0.717) is 0 Å². The minimum atomic E-state index is -0.0444. The van der Waals surface area contributed by atoms with Crippen molar-refractivity contribution in [2.24, 2.45) is 0 Å². The van der Waals surface area contributed by atoms with Crippen molar-refractivity contribution in [1.82, 2.24) is 0 Å². The normalized spacial score (nSPS) is 14.3. The van der Waals surface area contributed by atoms with E-state index >= 15 is 0 Å². The van der Waals surface area contributed by atoms with E-state index < -0.39 is 0 Å². The highest BCUT2D eigenvalue weighted by atomic mass is 16.3. The minimum Gasteiger partial charge on any atom is -0.456 e. The highest BCUT2D eigenvalue weighted by Crippen LogP contribution is 2.51. The molecule has 1 aliphatic rings. The van der Waals surface area contributed by atoms with Crippen LogP contribution in [0.5, 0.6) is 0 Å². The van der Waals surface area contributed by atoms with Crippen molar-refractivity contribution in [2.45, 2.75) is 19.3 Å². The Hall–Kier alpha value is -4.62. The maximum Gasteiger partial charge on any atom is 0.136 e. The van der Waals surface area contributed by atoms with Crippen LogP contribution in [0.4, 0.5) is 0 Å². The van der Waals surface area contributed by atoms with Crippen molar-refractivity contribution in [3.05, 3.63) is 120 Å². The van der Waals surface area contributed by atoms with Gasteiger partial charge in [-0.3, -0.25) is 0 Å². The van der Waals surface area contributed by atoms with E-state index in [1.165, 1.54) is 76.1 Å². The molecular formula is C37H24O. The Morgan fingerprint density at radius 3 is 2.00 bits per heavy atom. The fraction of sp³-hybridized carbons (Fsp3) is 0.0811. The third-order valence-electron chi connectivity index (χ3n) is 9.02. The zero-order chi connectivity index (χ0) is 25.2. The second kappa shape index (κ2) is 6.82. The average Bonchev–Trinajstić information content (AvgIpc) is 3.42. The number of fused-ring (bicyclic) bond motifs is 14. The summed E-state index contributed by atoms with van der Waals surface area (Å²) in [6, 6.07) is 40.2. The van der Waals surface area contributed by atoms with Crippen LogP contribution in [-0.2, 0) is 5.41 Å². The summed E-state index contributed by atoms with van der Waals surface area (Å²) in [6.45, 7) is 4.64. The predicted molar refractivity (Wildman–Crippen MR) is 161 cm³/mol. The van der Waals surface area contributed by atoms with Crippen LogP contribution in [-0.4, -0.2) is 0 Å². The lowest BCUT2D eigenvalue weighted by Crippen LogP contribution is -2.14. The first-order valence-corrected chi connectivity index (χ1v) is 13.4. The molecule has 178 valence electrons. The molecule has 0 N–H and O–H groups in total. The Morgan fingerprint density at radius 2 is 1.11 bits per heavy atom. The van der Waals surface area contributed by atoms with Crippen LogP contribution >= 0.6 is 0 Å². The molecule has 1 heteroatoms. The molecule has 1 heterocycles. The number of hydrogen-bond donors (Lipinski definition) is 0. The van der Waals surface area contributed by atoms with Crippen LogP contribution in [0.1, 0.15) is 25.0 Å². The SMILES string of the molecule is CC1(C)c2ccccc2-c2cc3c(cc21)oc1cc2c4ccccc4c4c5ccccc5ccc4c2cc13. The molecule has 0 saturated carbocycles. The maximum atomic E-state index is 6.61. The van der Waals surface area contributed by atoms with Crippen LogP contribution < -0.4 is 0 Å². The van der Waals surface area contributed by atoms with E-state index in [-0.39, 0.29) is 5.41 Å². The lowest BCUT2D eigenvalue weighted by molar-refractivity contribution is 0.647. The first-order chi connectivity index (χ1) is 18.6. The van der Waals surface area contributed by atoms with E-state index in [2.05, 4.69) is 123 Å². The first kappa shape index (κ1) is 20.4. The molecule has 0 amide bonds. The molecule has 1 aliphatic carbocycles. The van der Waals surface area contributed by atoms with Gasteiger partial charge >= 0.3 is 0 Å². The van der Waals surface area contributed by atoms with Gasteiger partial charge in [0.1, 0.15) is 11.2 Å². The third-order valence-corrected chi connectivity index (χ3v) is 9.02. The summed E-state index contributed by atoms with van der Waals surface area (Å²) in [6.07, 6.45) is 0. The molecule has 1 aromatic heterocycles. The van der Waals surface area contributed by atoms with Gasteiger partial charge in [0.05, 0.1) is 0 Å².